The number of amides is 3. The number of aryl methyl sites for hydroxylation is 2. The lowest BCUT2D eigenvalue weighted by Gasteiger charge is -2.34. The van der Waals surface area contributed by atoms with Crippen LogP contribution in [0.5, 0.6) is 5.75 Å². The summed E-state index contributed by atoms with van der Waals surface area (Å²) in [5, 5.41) is 5.94. The molecule has 3 amide bonds. The Morgan fingerprint density at radius 1 is 1.02 bits per heavy atom. The molecule has 2 aromatic rings. The highest BCUT2D eigenvalue weighted by molar-refractivity contribution is 5.87. The maximum atomic E-state index is 13.4. The minimum Gasteiger partial charge on any atom is -0.494 e. The Kier molecular flexibility index (Phi) is 15.7. The lowest BCUT2D eigenvalue weighted by Crippen LogP contribution is -2.46. The first-order valence-electron chi connectivity index (χ1n) is 17.4. The zero-order valence-electron chi connectivity index (χ0n) is 29.5. The van der Waals surface area contributed by atoms with Crippen molar-refractivity contribution in [3.8, 4) is 5.75 Å². The van der Waals surface area contributed by atoms with Gasteiger partial charge in [-0.25, -0.2) is 4.79 Å². The monoisotopic (exact) mass is 665 g/mol. The Labute approximate surface area is 286 Å². The molecule has 1 saturated heterocycles. The molecule has 0 aromatic heterocycles. The fourth-order valence-corrected chi connectivity index (χ4v) is 5.65. The van der Waals surface area contributed by atoms with E-state index in [1.165, 1.54) is 0 Å². The molecule has 2 unspecified atom stereocenters. The van der Waals surface area contributed by atoms with Gasteiger partial charge in [0.15, 0.2) is 0 Å². The molecular formula is C38H55N3O7. The number of carbonyl (C=O) groups excluding carboxylic acids is 4. The minimum atomic E-state index is -0.696. The van der Waals surface area contributed by atoms with Crippen LogP contribution in [0.3, 0.4) is 0 Å². The summed E-state index contributed by atoms with van der Waals surface area (Å²) in [4.78, 5) is 52.1. The molecule has 1 aliphatic rings. The van der Waals surface area contributed by atoms with E-state index in [-0.39, 0.29) is 36.7 Å². The number of ether oxygens (including phenoxy) is 3. The highest BCUT2D eigenvalue weighted by Crippen LogP contribution is 2.23. The number of hydrogen-bond donors (Lipinski definition) is 2. The molecule has 10 nitrogen and oxygen atoms in total. The van der Waals surface area contributed by atoms with E-state index < -0.39 is 11.6 Å². The minimum absolute atomic E-state index is 0.217. The standard InChI is InChI=1S/C38H55N3O7/c1-6-46-35(43)17-11-10-16-34(42)40-33(21-19-29-13-8-7-9-14-29)36(44)39-26-31-25-32(20-18-28(31)2)47-24-22-30-15-12-23-41(27-30)37(45)48-38(3,4)5/h7-9,13-14,18,20,25,30,33H,6,10-12,15-17,19,21-24,26-27H2,1-5H3,(H,39,44)(H,40,42). The molecule has 2 atom stereocenters. The highest BCUT2D eigenvalue weighted by Gasteiger charge is 2.27. The van der Waals surface area contributed by atoms with E-state index in [4.69, 9.17) is 14.2 Å². The second-order valence-electron chi connectivity index (χ2n) is 13.5. The Morgan fingerprint density at radius 2 is 1.77 bits per heavy atom. The van der Waals surface area contributed by atoms with Gasteiger partial charge in [-0.1, -0.05) is 36.4 Å². The number of nitrogens with zero attached hydrogens (tertiary/aromatic N) is 1. The van der Waals surface area contributed by atoms with Crippen molar-refractivity contribution in [1.82, 2.24) is 15.5 Å². The summed E-state index contributed by atoms with van der Waals surface area (Å²) in [6.07, 6.45) is 5.24. The van der Waals surface area contributed by atoms with Gasteiger partial charge in [-0.05, 0) is 114 Å². The molecule has 0 saturated carbocycles. The molecule has 48 heavy (non-hydrogen) atoms. The molecule has 264 valence electrons. The zero-order chi connectivity index (χ0) is 34.9. The van der Waals surface area contributed by atoms with Gasteiger partial charge in [0.25, 0.3) is 0 Å². The number of benzene rings is 2. The molecule has 0 radical (unpaired) electrons. The number of nitrogens with one attached hydrogen (secondary N) is 2. The maximum Gasteiger partial charge on any atom is 0.410 e. The molecule has 0 aliphatic carbocycles. The lowest BCUT2D eigenvalue weighted by atomic mass is 9.95. The molecule has 1 aliphatic heterocycles. The van der Waals surface area contributed by atoms with Crippen LogP contribution in [0.4, 0.5) is 4.79 Å². The Hall–Kier alpha value is -4.08. The summed E-state index contributed by atoms with van der Waals surface area (Å²) in [7, 11) is 0. The molecule has 3 rings (SSSR count). The lowest BCUT2D eigenvalue weighted by molar-refractivity contribution is -0.143. The molecule has 2 N–H and O–H groups in total. The van der Waals surface area contributed by atoms with E-state index in [0.29, 0.717) is 64.4 Å². The molecule has 1 heterocycles. The molecule has 0 spiro atoms. The number of piperidine rings is 1. The normalized spacial score (nSPS) is 15.3. The summed E-state index contributed by atoms with van der Waals surface area (Å²) in [6.45, 7) is 11.9. The number of hydrogen-bond acceptors (Lipinski definition) is 7. The predicted octanol–water partition coefficient (Wildman–Crippen LogP) is 6.27. The van der Waals surface area contributed by atoms with Crippen molar-refractivity contribution in [3.05, 3.63) is 65.2 Å². The van der Waals surface area contributed by atoms with E-state index in [0.717, 1.165) is 41.7 Å². The van der Waals surface area contributed by atoms with Crippen LogP contribution < -0.4 is 15.4 Å². The van der Waals surface area contributed by atoms with E-state index in [9.17, 15) is 19.2 Å². The third-order valence-corrected chi connectivity index (χ3v) is 8.30. The summed E-state index contributed by atoms with van der Waals surface area (Å²) in [5.41, 5.74) is 2.53. The van der Waals surface area contributed by atoms with Crippen LogP contribution in [0.1, 0.15) is 95.8 Å². The third kappa shape index (κ3) is 14.4. The fraction of sp³-hybridized carbons (Fsp3) is 0.579. The zero-order valence-corrected chi connectivity index (χ0v) is 29.5. The van der Waals surface area contributed by atoms with Gasteiger partial charge in [-0.2, -0.15) is 0 Å². The average molecular weight is 666 g/mol. The van der Waals surface area contributed by atoms with Gasteiger partial charge >= 0.3 is 12.1 Å². The number of likely N-dealkylation sites (tertiary alicyclic amines) is 1. The van der Waals surface area contributed by atoms with Crippen molar-refractivity contribution in [2.75, 3.05) is 26.3 Å². The number of carbonyl (C=O) groups is 4. The van der Waals surface area contributed by atoms with Crippen LogP contribution in [-0.4, -0.2) is 66.7 Å². The Bertz CT molecular complexity index is 1330. The topological polar surface area (TPSA) is 123 Å². The summed E-state index contributed by atoms with van der Waals surface area (Å²) in [6, 6.07) is 15.0. The van der Waals surface area contributed by atoms with Crippen LogP contribution in [0.25, 0.3) is 0 Å². The first-order chi connectivity index (χ1) is 22.9. The average Bonchev–Trinajstić information content (AvgIpc) is 3.05. The van der Waals surface area contributed by atoms with E-state index >= 15 is 0 Å². The Balaban J connectivity index is 1.51. The van der Waals surface area contributed by atoms with Crippen LogP contribution in [0.15, 0.2) is 48.5 Å². The van der Waals surface area contributed by atoms with Crippen LogP contribution in [-0.2, 0) is 36.8 Å². The number of unbranched alkanes of at least 4 members (excludes halogenated alkanes) is 1. The number of rotatable bonds is 17. The van der Waals surface area contributed by atoms with Crippen LogP contribution >= 0.6 is 0 Å². The van der Waals surface area contributed by atoms with Crippen LogP contribution in [0.2, 0.25) is 0 Å². The maximum absolute atomic E-state index is 13.4. The van der Waals surface area contributed by atoms with Crippen LogP contribution in [0, 0.1) is 12.8 Å². The third-order valence-electron chi connectivity index (χ3n) is 8.30. The van der Waals surface area contributed by atoms with Gasteiger partial charge in [0.05, 0.1) is 13.2 Å². The summed E-state index contributed by atoms with van der Waals surface area (Å²) >= 11 is 0. The molecule has 10 heteroatoms. The smallest absolute Gasteiger partial charge is 0.410 e. The van der Waals surface area contributed by atoms with Crippen molar-refractivity contribution in [2.45, 2.75) is 111 Å². The first kappa shape index (κ1) is 38.4. The first-order valence-corrected chi connectivity index (χ1v) is 17.4. The Morgan fingerprint density at radius 3 is 2.50 bits per heavy atom. The SMILES string of the molecule is CCOC(=O)CCCCC(=O)NC(CCc1ccccc1)C(=O)NCc1cc(OCCC2CCCN(C(=O)OC(C)(C)C)C2)ccc1C. The van der Waals surface area contributed by atoms with Gasteiger partial charge in [0.2, 0.25) is 11.8 Å². The van der Waals surface area contributed by atoms with E-state index in [2.05, 4.69) is 10.6 Å². The van der Waals surface area contributed by atoms with Gasteiger partial charge in [0, 0.05) is 32.5 Å². The fourth-order valence-electron chi connectivity index (χ4n) is 5.65. The van der Waals surface area contributed by atoms with Gasteiger partial charge in [-0.3, -0.25) is 14.4 Å². The summed E-state index contributed by atoms with van der Waals surface area (Å²) in [5.74, 6) is 0.338. The van der Waals surface area contributed by atoms with Gasteiger partial charge in [-0.15, -0.1) is 0 Å². The van der Waals surface area contributed by atoms with Crippen molar-refractivity contribution in [3.63, 3.8) is 0 Å². The largest absolute Gasteiger partial charge is 0.494 e. The number of esters is 1. The quantitative estimate of drug-likeness (QED) is 0.151. The van der Waals surface area contributed by atoms with E-state index in [1.54, 1.807) is 11.8 Å². The van der Waals surface area contributed by atoms with E-state index in [1.807, 2.05) is 76.2 Å². The van der Waals surface area contributed by atoms with Crippen molar-refractivity contribution < 1.29 is 33.4 Å². The van der Waals surface area contributed by atoms with Crippen molar-refractivity contribution >= 4 is 23.9 Å². The summed E-state index contributed by atoms with van der Waals surface area (Å²) < 4.78 is 16.6. The van der Waals surface area contributed by atoms with Crippen molar-refractivity contribution in [2.24, 2.45) is 5.92 Å². The second kappa shape index (κ2) is 19.7. The predicted molar refractivity (Wildman–Crippen MR) is 185 cm³/mol. The molecule has 0 bridgehead atoms. The second-order valence-corrected chi connectivity index (χ2v) is 13.5. The molecule has 2 aromatic carbocycles. The van der Waals surface area contributed by atoms with Gasteiger partial charge < -0.3 is 29.7 Å². The van der Waals surface area contributed by atoms with Crippen molar-refractivity contribution in [1.29, 1.82) is 0 Å². The molecular weight excluding hydrogens is 610 g/mol. The highest BCUT2D eigenvalue weighted by atomic mass is 16.6. The molecule has 1 fully saturated rings. The van der Waals surface area contributed by atoms with Gasteiger partial charge in [0.1, 0.15) is 17.4 Å².